The zero-order valence-corrected chi connectivity index (χ0v) is 14.1. The third-order valence-electron chi connectivity index (χ3n) is 3.95. The molecule has 0 aliphatic carbocycles. The van der Waals surface area contributed by atoms with Crippen LogP contribution in [0.2, 0.25) is 0 Å². The van der Waals surface area contributed by atoms with Gasteiger partial charge in [0.1, 0.15) is 0 Å². The Balaban J connectivity index is 2.34. The Morgan fingerprint density at radius 1 is 1.30 bits per heavy atom. The van der Waals surface area contributed by atoms with Gasteiger partial charge in [-0.25, -0.2) is 4.68 Å². The average Bonchev–Trinajstić information content (AvgIpc) is 2.94. The number of amides is 1. The Morgan fingerprint density at radius 3 is 2.43 bits per heavy atom. The summed E-state index contributed by atoms with van der Waals surface area (Å²) in [6, 6.07) is 9.28. The molecule has 0 unspecified atom stereocenters. The molecule has 0 saturated carbocycles. The SMILES string of the molecule is CCN(C(=O)c1nnn(C(C)C)c1C)[C@@H](CO)c1ccccc1. The predicted molar refractivity (Wildman–Crippen MR) is 88.1 cm³/mol. The lowest BCUT2D eigenvalue weighted by molar-refractivity contribution is 0.0598. The highest BCUT2D eigenvalue weighted by atomic mass is 16.3. The fourth-order valence-electron chi connectivity index (χ4n) is 2.73. The van der Waals surface area contributed by atoms with Crippen LogP contribution in [0.1, 0.15) is 54.6 Å². The molecule has 23 heavy (non-hydrogen) atoms. The Morgan fingerprint density at radius 2 is 1.96 bits per heavy atom. The monoisotopic (exact) mass is 316 g/mol. The molecule has 0 spiro atoms. The van der Waals surface area contributed by atoms with Gasteiger partial charge in [-0.1, -0.05) is 35.5 Å². The fourth-order valence-corrected chi connectivity index (χ4v) is 2.73. The molecule has 0 aliphatic heterocycles. The first kappa shape index (κ1) is 17.1. The van der Waals surface area contributed by atoms with Gasteiger partial charge in [0.05, 0.1) is 18.3 Å². The van der Waals surface area contributed by atoms with Gasteiger partial charge in [-0.3, -0.25) is 4.79 Å². The van der Waals surface area contributed by atoms with E-state index in [0.29, 0.717) is 12.2 Å². The van der Waals surface area contributed by atoms with Gasteiger partial charge in [-0.2, -0.15) is 0 Å². The smallest absolute Gasteiger partial charge is 0.276 e. The van der Waals surface area contributed by atoms with Crippen molar-refractivity contribution >= 4 is 5.91 Å². The number of carbonyl (C=O) groups excluding carboxylic acids is 1. The molecule has 6 heteroatoms. The first-order valence-electron chi connectivity index (χ1n) is 7.89. The number of rotatable bonds is 6. The lowest BCUT2D eigenvalue weighted by Crippen LogP contribution is -2.37. The summed E-state index contributed by atoms with van der Waals surface area (Å²) in [7, 11) is 0. The topological polar surface area (TPSA) is 71.2 Å². The molecular formula is C17H24N4O2. The first-order valence-corrected chi connectivity index (χ1v) is 7.89. The molecule has 0 aliphatic rings. The molecule has 1 atom stereocenters. The maximum absolute atomic E-state index is 12.9. The van der Waals surface area contributed by atoms with Crippen LogP contribution >= 0.6 is 0 Å². The minimum atomic E-state index is -0.391. The summed E-state index contributed by atoms with van der Waals surface area (Å²) in [5.41, 5.74) is 1.99. The largest absolute Gasteiger partial charge is 0.394 e. The van der Waals surface area contributed by atoms with Crippen molar-refractivity contribution < 1.29 is 9.90 Å². The van der Waals surface area contributed by atoms with E-state index in [1.165, 1.54) is 0 Å². The normalized spacial score (nSPS) is 12.4. The number of hydrogen-bond donors (Lipinski definition) is 1. The van der Waals surface area contributed by atoms with Crippen LogP contribution < -0.4 is 0 Å². The van der Waals surface area contributed by atoms with Crippen LogP contribution in [0, 0.1) is 6.92 Å². The van der Waals surface area contributed by atoms with E-state index in [1.54, 1.807) is 9.58 Å². The fraction of sp³-hybridized carbons (Fsp3) is 0.471. The van der Waals surface area contributed by atoms with Gasteiger partial charge >= 0.3 is 0 Å². The summed E-state index contributed by atoms with van der Waals surface area (Å²) in [6.07, 6.45) is 0. The quantitative estimate of drug-likeness (QED) is 0.888. The molecule has 0 bridgehead atoms. The number of aliphatic hydroxyl groups excluding tert-OH is 1. The molecule has 2 aromatic rings. The van der Waals surface area contributed by atoms with Gasteiger partial charge in [-0.05, 0) is 33.3 Å². The van der Waals surface area contributed by atoms with E-state index in [2.05, 4.69) is 10.3 Å². The van der Waals surface area contributed by atoms with Gasteiger partial charge in [0.2, 0.25) is 0 Å². The molecule has 0 radical (unpaired) electrons. The summed E-state index contributed by atoms with van der Waals surface area (Å²) >= 11 is 0. The van der Waals surface area contributed by atoms with Gasteiger partial charge < -0.3 is 10.0 Å². The van der Waals surface area contributed by atoms with E-state index in [-0.39, 0.29) is 18.6 Å². The van der Waals surface area contributed by atoms with E-state index in [4.69, 9.17) is 0 Å². The molecule has 1 heterocycles. The second kappa shape index (κ2) is 7.37. The molecule has 0 fully saturated rings. The van der Waals surface area contributed by atoms with E-state index >= 15 is 0 Å². The number of nitrogens with zero attached hydrogens (tertiary/aromatic N) is 4. The molecule has 1 amide bonds. The van der Waals surface area contributed by atoms with Crippen LogP contribution in [0.4, 0.5) is 0 Å². The number of aliphatic hydroxyl groups is 1. The minimum Gasteiger partial charge on any atom is -0.394 e. The van der Waals surface area contributed by atoms with Crippen molar-refractivity contribution in [2.24, 2.45) is 0 Å². The zero-order valence-electron chi connectivity index (χ0n) is 14.1. The second-order valence-electron chi connectivity index (χ2n) is 5.76. The maximum atomic E-state index is 12.9. The third-order valence-corrected chi connectivity index (χ3v) is 3.95. The highest BCUT2D eigenvalue weighted by Crippen LogP contribution is 2.23. The van der Waals surface area contributed by atoms with Crippen molar-refractivity contribution in [2.45, 2.75) is 39.8 Å². The summed E-state index contributed by atoms with van der Waals surface area (Å²) in [6.45, 7) is 8.07. The molecule has 0 saturated heterocycles. The van der Waals surface area contributed by atoms with E-state index in [0.717, 1.165) is 11.3 Å². The van der Waals surface area contributed by atoms with Crippen LogP contribution in [0.5, 0.6) is 0 Å². The van der Waals surface area contributed by atoms with E-state index < -0.39 is 6.04 Å². The molecule has 1 N–H and O–H groups in total. The second-order valence-corrected chi connectivity index (χ2v) is 5.76. The predicted octanol–water partition coefficient (Wildman–Crippen LogP) is 2.36. The van der Waals surface area contributed by atoms with Crippen molar-refractivity contribution in [3.8, 4) is 0 Å². The van der Waals surface area contributed by atoms with Gasteiger partial charge in [0.15, 0.2) is 5.69 Å². The van der Waals surface area contributed by atoms with E-state index in [1.807, 2.05) is 58.0 Å². The highest BCUT2D eigenvalue weighted by Gasteiger charge is 2.28. The van der Waals surface area contributed by atoms with Gasteiger partial charge in [0.25, 0.3) is 5.91 Å². The van der Waals surface area contributed by atoms with Crippen molar-refractivity contribution in [1.29, 1.82) is 0 Å². The van der Waals surface area contributed by atoms with Crippen LogP contribution in [0.15, 0.2) is 30.3 Å². The highest BCUT2D eigenvalue weighted by molar-refractivity contribution is 5.93. The number of carbonyl (C=O) groups is 1. The summed E-state index contributed by atoms with van der Waals surface area (Å²) in [5.74, 6) is -0.209. The number of aromatic nitrogens is 3. The Labute approximate surface area is 136 Å². The summed E-state index contributed by atoms with van der Waals surface area (Å²) < 4.78 is 1.73. The maximum Gasteiger partial charge on any atom is 0.276 e. The van der Waals surface area contributed by atoms with Crippen LogP contribution in [-0.2, 0) is 0 Å². The molecule has 124 valence electrons. The van der Waals surface area contributed by atoms with Crippen molar-refractivity contribution in [3.63, 3.8) is 0 Å². The van der Waals surface area contributed by atoms with Gasteiger partial charge in [-0.15, -0.1) is 5.10 Å². The Bertz CT molecular complexity index is 652. The lowest BCUT2D eigenvalue weighted by atomic mass is 10.1. The standard InChI is InChI=1S/C17H24N4O2/c1-5-20(15(11-22)14-9-7-6-8-10-14)17(23)16-13(4)21(12(2)3)19-18-16/h6-10,12,15,22H,5,11H2,1-4H3/t15-/m0/s1. The van der Waals surface area contributed by atoms with Crippen molar-refractivity contribution in [1.82, 2.24) is 19.9 Å². The lowest BCUT2D eigenvalue weighted by Gasteiger charge is -2.29. The molecular weight excluding hydrogens is 292 g/mol. The molecule has 6 nitrogen and oxygen atoms in total. The molecule has 1 aromatic carbocycles. The Hall–Kier alpha value is -2.21. The van der Waals surface area contributed by atoms with Crippen LogP contribution in [0.25, 0.3) is 0 Å². The van der Waals surface area contributed by atoms with Crippen LogP contribution in [0.3, 0.4) is 0 Å². The minimum absolute atomic E-state index is 0.138. The summed E-state index contributed by atoms with van der Waals surface area (Å²) in [4.78, 5) is 14.5. The Kier molecular flexibility index (Phi) is 5.50. The number of likely N-dealkylation sites (N-methyl/N-ethyl adjacent to an activating group) is 1. The van der Waals surface area contributed by atoms with Gasteiger partial charge in [0, 0.05) is 12.6 Å². The summed E-state index contributed by atoms with van der Waals surface area (Å²) in [5, 5.41) is 17.9. The van der Waals surface area contributed by atoms with Crippen LogP contribution in [-0.4, -0.2) is 44.1 Å². The third kappa shape index (κ3) is 3.42. The average molecular weight is 316 g/mol. The van der Waals surface area contributed by atoms with Crippen molar-refractivity contribution in [2.75, 3.05) is 13.2 Å². The number of benzene rings is 1. The molecule has 1 aromatic heterocycles. The zero-order chi connectivity index (χ0) is 17.0. The first-order chi connectivity index (χ1) is 11.0. The van der Waals surface area contributed by atoms with Crippen molar-refractivity contribution in [3.05, 3.63) is 47.3 Å². The van der Waals surface area contributed by atoms with E-state index in [9.17, 15) is 9.90 Å². The molecule has 2 rings (SSSR count). The number of hydrogen-bond acceptors (Lipinski definition) is 4.